The van der Waals surface area contributed by atoms with Crippen molar-refractivity contribution >= 4 is 13.4 Å². The fourth-order valence-corrected chi connectivity index (χ4v) is 4.86. The summed E-state index contributed by atoms with van der Waals surface area (Å²) in [6.45, 7) is 10.8. The highest BCUT2D eigenvalue weighted by atomic mass is 16.5. The molecule has 1 saturated carbocycles. The molecule has 0 unspecified atom stereocenters. The third kappa shape index (κ3) is 7.42. The first kappa shape index (κ1) is 23.3. The summed E-state index contributed by atoms with van der Waals surface area (Å²) in [7, 11) is 1.31. The Bertz CT molecular complexity index is 635. The first-order valence-electron chi connectivity index (χ1n) is 12.3. The molecular formula is C25H41BN2O2. The number of unbranched alkanes of at least 4 members (excludes halogenated alkanes) is 3. The van der Waals surface area contributed by atoms with E-state index in [1.54, 1.807) is 0 Å². The van der Waals surface area contributed by atoms with Gasteiger partial charge in [-0.15, -0.1) is 0 Å². The first-order chi connectivity index (χ1) is 14.6. The maximum atomic E-state index is 11.7. The number of piperazine rings is 1. The summed E-state index contributed by atoms with van der Waals surface area (Å²) in [5.41, 5.74) is 1.96. The van der Waals surface area contributed by atoms with Crippen molar-refractivity contribution in [1.29, 1.82) is 0 Å². The van der Waals surface area contributed by atoms with Gasteiger partial charge in [0.15, 0.2) is 0 Å². The van der Waals surface area contributed by atoms with Gasteiger partial charge in [-0.25, -0.2) is 4.79 Å². The standard InChI is InChI=1S/C25H41BN2O2/c1-4-30-25(29)24-14-12-22(13-15-24)9-7-5-6-8-16-28-20(2)18-27(19-21(28)3)26-17-23-10-11-23/h12-15,20-21,23,26H,4-11,16-19H2,1-3H3/t20-,21+. The smallest absolute Gasteiger partial charge is 0.338 e. The molecular weight excluding hydrogens is 371 g/mol. The van der Waals surface area contributed by atoms with Crippen molar-refractivity contribution in [3.63, 3.8) is 0 Å². The van der Waals surface area contributed by atoms with Crippen LogP contribution >= 0.6 is 0 Å². The maximum absolute atomic E-state index is 11.7. The molecule has 0 spiro atoms. The molecule has 1 aliphatic carbocycles. The van der Waals surface area contributed by atoms with Crippen LogP contribution in [0.1, 0.15) is 75.2 Å². The van der Waals surface area contributed by atoms with Crippen molar-refractivity contribution in [2.75, 3.05) is 26.2 Å². The second-order valence-electron chi connectivity index (χ2n) is 9.51. The van der Waals surface area contributed by atoms with Gasteiger partial charge in [-0.05, 0) is 70.2 Å². The van der Waals surface area contributed by atoms with Crippen LogP contribution in [-0.2, 0) is 11.2 Å². The minimum absolute atomic E-state index is 0.226. The third-order valence-corrected chi connectivity index (χ3v) is 6.82. The highest BCUT2D eigenvalue weighted by Gasteiger charge is 2.30. The molecule has 1 saturated heterocycles. The second kappa shape index (κ2) is 11.9. The Morgan fingerprint density at radius 3 is 2.33 bits per heavy atom. The van der Waals surface area contributed by atoms with Gasteiger partial charge in [-0.1, -0.05) is 44.1 Å². The van der Waals surface area contributed by atoms with E-state index in [1.165, 1.54) is 77.5 Å². The van der Waals surface area contributed by atoms with Gasteiger partial charge in [-0.3, -0.25) is 4.90 Å². The van der Waals surface area contributed by atoms with E-state index < -0.39 is 0 Å². The van der Waals surface area contributed by atoms with E-state index in [1.807, 2.05) is 19.1 Å². The predicted molar refractivity (Wildman–Crippen MR) is 126 cm³/mol. The minimum atomic E-state index is -0.226. The third-order valence-electron chi connectivity index (χ3n) is 6.82. The number of ether oxygens (including phenoxy) is 1. The molecule has 0 bridgehead atoms. The molecule has 2 aliphatic rings. The SMILES string of the molecule is CCOC(=O)c1ccc(CCCCCCN2[C@H](C)CN(BCC3CC3)C[C@@H]2C)cc1. The molecule has 0 amide bonds. The summed E-state index contributed by atoms with van der Waals surface area (Å²) in [4.78, 5) is 17.2. The lowest BCUT2D eigenvalue weighted by molar-refractivity contribution is 0.0526. The predicted octanol–water partition coefficient (Wildman–Crippen LogP) is 4.54. The van der Waals surface area contributed by atoms with E-state index in [-0.39, 0.29) is 5.97 Å². The first-order valence-corrected chi connectivity index (χ1v) is 12.3. The van der Waals surface area contributed by atoms with Crippen LogP contribution < -0.4 is 0 Å². The Morgan fingerprint density at radius 2 is 1.70 bits per heavy atom. The van der Waals surface area contributed by atoms with Crippen molar-refractivity contribution in [1.82, 2.24) is 9.71 Å². The average Bonchev–Trinajstić information content (AvgIpc) is 3.56. The molecule has 4 nitrogen and oxygen atoms in total. The highest BCUT2D eigenvalue weighted by molar-refractivity contribution is 6.32. The molecule has 0 N–H and O–H groups in total. The quantitative estimate of drug-likeness (QED) is 0.287. The molecule has 166 valence electrons. The van der Waals surface area contributed by atoms with Crippen molar-refractivity contribution < 1.29 is 9.53 Å². The Hall–Kier alpha value is -1.33. The van der Waals surface area contributed by atoms with Crippen LogP contribution in [0.25, 0.3) is 0 Å². The molecule has 30 heavy (non-hydrogen) atoms. The average molecular weight is 412 g/mol. The van der Waals surface area contributed by atoms with Crippen molar-refractivity contribution in [3.05, 3.63) is 35.4 Å². The molecule has 2 atom stereocenters. The second-order valence-corrected chi connectivity index (χ2v) is 9.51. The Morgan fingerprint density at radius 1 is 1.03 bits per heavy atom. The monoisotopic (exact) mass is 412 g/mol. The highest BCUT2D eigenvalue weighted by Crippen LogP contribution is 2.33. The number of esters is 1. The van der Waals surface area contributed by atoms with Gasteiger partial charge in [0.05, 0.1) is 12.2 Å². The van der Waals surface area contributed by atoms with Gasteiger partial charge in [0.1, 0.15) is 0 Å². The fourth-order valence-electron chi connectivity index (χ4n) is 4.86. The van der Waals surface area contributed by atoms with Crippen molar-refractivity contribution in [2.24, 2.45) is 5.92 Å². The summed E-state index contributed by atoms with van der Waals surface area (Å²) in [6.07, 6.45) is 10.6. The lowest BCUT2D eigenvalue weighted by Gasteiger charge is -2.44. The summed E-state index contributed by atoms with van der Waals surface area (Å²) >= 11 is 0. The number of carbonyl (C=O) groups excluding carboxylic acids is 1. The maximum Gasteiger partial charge on any atom is 0.338 e. The summed E-state index contributed by atoms with van der Waals surface area (Å²) < 4.78 is 5.04. The van der Waals surface area contributed by atoms with E-state index in [0.29, 0.717) is 24.3 Å². The Balaban J connectivity index is 1.27. The van der Waals surface area contributed by atoms with Crippen LogP contribution in [0.4, 0.5) is 0 Å². The number of nitrogens with zero attached hydrogens (tertiary/aromatic N) is 2. The normalized spacial score (nSPS) is 22.8. The fraction of sp³-hybridized carbons (Fsp3) is 0.720. The molecule has 1 aromatic rings. The topological polar surface area (TPSA) is 32.8 Å². The van der Waals surface area contributed by atoms with Crippen molar-refractivity contribution in [2.45, 2.75) is 84.1 Å². The van der Waals surface area contributed by atoms with E-state index in [2.05, 4.69) is 35.7 Å². The van der Waals surface area contributed by atoms with Gasteiger partial charge < -0.3 is 9.55 Å². The molecule has 3 rings (SSSR count). The largest absolute Gasteiger partial charge is 0.462 e. The van der Waals surface area contributed by atoms with Crippen LogP contribution in [0.5, 0.6) is 0 Å². The van der Waals surface area contributed by atoms with E-state index in [4.69, 9.17) is 4.74 Å². The summed E-state index contributed by atoms with van der Waals surface area (Å²) in [6, 6.07) is 9.29. The molecule has 0 aromatic heterocycles. The number of aryl methyl sites for hydroxylation is 1. The lowest BCUT2D eigenvalue weighted by atomic mass is 9.81. The van der Waals surface area contributed by atoms with E-state index >= 15 is 0 Å². The van der Waals surface area contributed by atoms with E-state index in [9.17, 15) is 4.79 Å². The van der Waals surface area contributed by atoms with Crippen LogP contribution in [0.15, 0.2) is 24.3 Å². The number of benzene rings is 1. The minimum Gasteiger partial charge on any atom is -0.462 e. The molecule has 5 heteroatoms. The van der Waals surface area contributed by atoms with Crippen LogP contribution in [0, 0.1) is 5.92 Å². The number of hydrogen-bond acceptors (Lipinski definition) is 4. The van der Waals surface area contributed by atoms with E-state index in [0.717, 1.165) is 12.3 Å². The van der Waals surface area contributed by atoms with Gasteiger partial charge >= 0.3 is 5.97 Å². The van der Waals surface area contributed by atoms with Gasteiger partial charge in [0.25, 0.3) is 0 Å². The van der Waals surface area contributed by atoms with Crippen molar-refractivity contribution in [3.8, 4) is 0 Å². The molecule has 1 heterocycles. The van der Waals surface area contributed by atoms with Crippen LogP contribution in [0.2, 0.25) is 6.32 Å². The molecule has 1 aromatic carbocycles. The van der Waals surface area contributed by atoms with Gasteiger partial charge in [0, 0.05) is 25.2 Å². The van der Waals surface area contributed by atoms with Crippen LogP contribution in [0.3, 0.4) is 0 Å². The molecule has 0 radical (unpaired) electrons. The summed E-state index contributed by atoms with van der Waals surface area (Å²) in [5.74, 6) is 0.820. The number of hydrogen-bond donors (Lipinski definition) is 0. The number of carbonyl (C=O) groups is 1. The molecule has 1 aliphatic heterocycles. The zero-order chi connectivity index (χ0) is 21.3. The van der Waals surface area contributed by atoms with Crippen LogP contribution in [-0.4, -0.2) is 61.4 Å². The lowest BCUT2D eigenvalue weighted by Crippen LogP contribution is -2.57. The zero-order valence-electron chi connectivity index (χ0n) is 19.4. The van der Waals surface area contributed by atoms with Gasteiger partial charge in [0.2, 0.25) is 7.41 Å². The Kier molecular flexibility index (Phi) is 9.26. The van der Waals surface area contributed by atoms with Gasteiger partial charge in [-0.2, -0.15) is 0 Å². The summed E-state index contributed by atoms with van der Waals surface area (Å²) in [5, 5.41) is 0. The zero-order valence-corrected chi connectivity index (χ0v) is 19.4. The molecule has 2 fully saturated rings. The number of rotatable bonds is 12. The Labute approximate surface area is 184 Å².